The molecule has 0 aromatic heterocycles. The van der Waals surface area contributed by atoms with Crippen molar-refractivity contribution >= 4 is 46.5 Å². The zero-order valence-electron chi connectivity index (χ0n) is 18.9. The first-order chi connectivity index (χ1) is 15.8. The molecular weight excluding hydrogens is 422 g/mol. The minimum atomic E-state index is -0.407. The van der Waals surface area contributed by atoms with Gasteiger partial charge in [0.25, 0.3) is 5.91 Å². The van der Waals surface area contributed by atoms with Gasteiger partial charge in [0, 0.05) is 55.2 Å². The maximum absolute atomic E-state index is 12.8. The minimum Gasteiger partial charge on any atom is -0.326 e. The number of hydrogen-bond donors (Lipinski definition) is 4. The second kappa shape index (κ2) is 11.1. The summed E-state index contributed by atoms with van der Waals surface area (Å²) >= 11 is 0. The van der Waals surface area contributed by atoms with Crippen LogP contribution in [0.1, 0.15) is 49.9 Å². The highest BCUT2D eigenvalue weighted by molar-refractivity contribution is 6.07. The highest BCUT2D eigenvalue weighted by Gasteiger charge is 2.16. The first kappa shape index (κ1) is 23.8. The van der Waals surface area contributed by atoms with E-state index in [4.69, 9.17) is 0 Å². The molecule has 1 aliphatic rings. The number of hydrogen-bond acceptors (Lipinski definition) is 4. The molecule has 33 heavy (non-hydrogen) atoms. The number of carbonyl (C=O) groups excluding carboxylic acids is 4. The van der Waals surface area contributed by atoms with Crippen molar-refractivity contribution in [3.63, 3.8) is 0 Å². The minimum absolute atomic E-state index is 0.117. The summed E-state index contributed by atoms with van der Waals surface area (Å²) < 4.78 is 0. The molecule has 174 valence electrons. The average Bonchev–Trinajstić information content (AvgIpc) is 3.03. The van der Waals surface area contributed by atoms with Crippen molar-refractivity contribution < 1.29 is 19.2 Å². The van der Waals surface area contributed by atoms with Crippen LogP contribution >= 0.6 is 0 Å². The summed E-state index contributed by atoms with van der Waals surface area (Å²) in [7, 11) is 0. The Morgan fingerprint density at radius 3 is 1.61 bits per heavy atom. The maximum atomic E-state index is 12.8. The predicted octanol–water partition coefficient (Wildman–Crippen LogP) is 4.26. The number of carbonyl (C=O) groups is 4. The van der Waals surface area contributed by atoms with E-state index in [-0.39, 0.29) is 23.4 Å². The van der Waals surface area contributed by atoms with Crippen LogP contribution in [0.3, 0.4) is 0 Å². The normalized spacial score (nSPS) is 13.5. The molecule has 2 aromatic carbocycles. The van der Waals surface area contributed by atoms with Crippen LogP contribution in [0, 0.1) is 0 Å². The molecule has 1 saturated heterocycles. The van der Waals surface area contributed by atoms with Gasteiger partial charge in [-0.3, -0.25) is 14.4 Å². The summed E-state index contributed by atoms with van der Waals surface area (Å²) in [5.74, 6) is -0.992. The molecule has 0 radical (unpaired) electrons. The number of nitrogens with one attached hydrogen (secondary N) is 4. The van der Waals surface area contributed by atoms with Gasteiger partial charge >= 0.3 is 6.03 Å². The fourth-order valence-electron chi connectivity index (χ4n) is 3.63. The number of amides is 5. The largest absolute Gasteiger partial charge is 0.326 e. The van der Waals surface area contributed by atoms with Crippen molar-refractivity contribution in [2.75, 3.05) is 34.4 Å². The quantitative estimate of drug-likeness (QED) is 0.543. The molecule has 1 fully saturated rings. The summed E-state index contributed by atoms with van der Waals surface area (Å²) in [5.41, 5.74) is 2.24. The molecule has 3 rings (SSSR count). The summed E-state index contributed by atoms with van der Waals surface area (Å²) in [6.07, 6.45) is 4.34. The van der Waals surface area contributed by atoms with Crippen molar-refractivity contribution in [2.45, 2.75) is 39.5 Å². The zero-order chi connectivity index (χ0) is 23.8. The van der Waals surface area contributed by atoms with Gasteiger partial charge in [0.15, 0.2) is 0 Å². The van der Waals surface area contributed by atoms with Crippen molar-refractivity contribution in [3.8, 4) is 0 Å². The molecule has 0 bridgehead atoms. The molecule has 1 heterocycles. The van der Waals surface area contributed by atoms with Gasteiger partial charge in [-0.25, -0.2) is 4.79 Å². The van der Waals surface area contributed by atoms with Gasteiger partial charge in [0.1, 0.15) is 0 Å². The van der Waals surface area contributed by atoms with E-state index < -0.39 is 5.91 Å². The molecule has 2 aromatic rings. The smallest absolute Gasteiger partial charge is 0.321 e. The van der Waals surface area contributed by atoms with Crippen molar-refractivity contribution in [2.24, 2.45) is 0 Å². The Labute approximate surface area is 192 Å². The number of anilines is 4. The number of nitrogens with zero attached hydrogens (tertiary/aromatic N) is 1. The monoisotopic (exact) mass is 451 g/mol. The van der Waals surface area contributed by atoms with Crippen LogP contribution in [0.5, 0.6) is 0 Å². The topological polar surface area (TPSA) is 120 Å². The Balaban J connectivity index is 1.66. The highest BCUT2D eigenvalue weighted by atomic mass is 16.2. The first-order valence-corrected chi connectivity index (χ1v) is 11.0. The van der Waals surface area contributed by atoms with Gasteiger partial charge < -0.3 is 26.2 Å². The third-order valence-corrected chi connectivity index (χ3v) is 5.12. The molecule has 9 heteroatoms. The number of likely N-dealkylation sites (tertiary alicyclic amines) is 1. The standard InChI is InChI=1S/C24H29N5O4/c1-16(30)25-21-13-18(14-22(15-21)26-17(2)31)23(32)27-19-7-9-20(10-8-19)28-24(33)29-11-5-3-4-6-12-29/h7-10,13-15H,3-6,11-12H2,1-2H3,(H,25,30)(H,26,31)(H,27,32)(H,28,33). The summed E-state index contributed by atoms with van der Waals surface area (Å²) in [4.78, 5) is 49.9. The second-order valence-corrected chi connectivity index (χ2v) is 8.02. The molecule has 0 unspecified atom stereocenters. The van der Waals surface area contributed by atoms with E-state index in [1.165, 1.54) is 26.0 Å². The summed E-state index contributed by atoms with van der Waals surface area (Å²) in [6.45, 7) is 4.24. The zero-order valence-corrected chi connectivity index (χ0v) is 18.9. The van der Waals surface area contributed by atoms with E-state index in [2.05, 4.69) is 21.3 Å². The van der Waals surface area contributed by atoms with E-state index in [0.29, 0.717) is 22.7 Å². The average molecular weight is 452 g/mol. The molecular formula is C24H29N5O4. The Morgan fingerprint density at radius 2 is 1.12 bits per heavy atom. The van der Waals surface area contributed by atoms with Crippen LogP contribution in [0.15, 0.2) is 42.5 Å². The summed E-state index contributed by atoms with van der Waals surface area (Å²) in [5, 5.41) is 10.9. The lowest BCUT2D eigenvalue weighted by atomic mass is 10.1. The van der Waals surface area contributed by atoms with E-state index in [9.17, 15) is 19.2 Å². The van der Waals surface area contributed by atoms with E-state index in [1.54, 1.807) is 30.3 Å². The van der Waals surface area contributed by atoms with Crippen LogP contribution in [-0.2, 0) is 9.59 Å². The fraction of sp³-hybridized carbons (Fsp3) is 0.333. The van der Waals surface area contributed by atoms with Crippen LogP contribution in [0.4, 0.5) is 27.5 Å². The lowest BCUT2D eigenvalue weighted by Gasteiger charge is -2.20. The Morgan fingerprint density at radius 1 is 0.636 bits per heavy atom. The van der Waals surface area contributed by atoms with Gasteiger partial charge in [-0.05, 0) is 55.3 Å². The van der Waals surface area contributed by atoms with Crippen molar-refractivity contribution in [3.05, 3.63) is 48.0 Å². The van der Waals surface area contributed by atoms with E-state index in [1.807, 2.05) is 4.90 Å². The van der Waals surface area contributed by atoms with Gasteiger partial charge in [-0.15, -0.1) is 0 Å². The number of urea groups is 1. The Bertz CT molecular complexity index is 993. The van der Waals surface area contributed by atoms with Crippen LogP contribution in [0.2, 0.25) is 0 Å². The third kappa shape index (κ3) is 7.34. The van der Waals surface area contributed by atoms with Gasteiger partial charge in [-0.1, -0.05) is 12.8 Å². The maximum Gasteiger partial charge on any atom is 0.321 e. The second-order valence-electron chi connectivity index (χ2n) is 8.02. The van der Waals surface area contributed by atoms with E-state index >= 15 is 0 Å². The first-order valence-electron chi connectivity index (χ1n) is 11.0. The molecule has 5 amide bonds. The van der Waals surface area contributed by atoms with E-state index in [0.717, 1.165) is 38.8 Å². The van der Waals surface area contributed by atoms with Gasteiger partial charge in [-0.2, -0.15) is 0 Å². The highest BCUT2D eigenvalue weighted by Crippen LogP contribution is 2.21. The number of rotatable bonds is 5. The van der Waals surface area contributed by atoms with Gasteiger partial charge in [0.05, 0.1) is 0 Å². The molecule has 0 saturated carbocycles. The van der Waals surface area contributed by atoms with Gasteiger partial charge in [0.2, 0.25) is 11.8 Å². The molecule has 4 N–H and O–H groups in total. The molecule has 0 atom stereocenters. The summed E-state index contributed by atoms with van der Waals surface area (Å²) in [6, 6.07) is 11.3. The van der Waals surface area contributed by atoms with Crippen molar-refractivity contribution in [1.82, 2.24) is 4.90 Å². The predicted molar refractivity (Wildman–Crippen MR) is 129 cm³/mol. The Kier molecular flexibility index (Phi) is 8.01. The fourth-order valence-corrected chi connectivity index (χ4v) is 3.63. The molecule has 0 spiro atoms. The third-order valence-electron chi connectivity index (χ3n) is 5.12. The van der Waals surface area contributed by atoms with Crippen LogP contribution in [-0.4, -0.2) is 41.7 Å². The van der Waals surface area contributed by atoms with Crippen molar-refractivity contribution in [1.29, 1.82) is 0 Å². The molecule has 0 aliphatic carbocycles. The Hall–Kier alpha value is -3.88. The SMILES string of the molecule is CC(=O)Nc1cc(NC(C)=O)cc(C(=O)Nc2ccc(NC(=O)N3CCCCCC3)cc2)c1. The van der Waals surface area contributed by atoms with Crippen LogP contribution < -0.4 is 21.3 Å². The lowest BCUT2D eigenvalue weighted by molar-refractivity contribution is -0.115. The lowest BCUT2D eigenvalue weighted by Crippen LogP contribution is -2.35. The molecule has 9 nitrogen and oxygen atoms in total. The number of benzene rings is 2. The molecule has 1 aliphatic heterocycles. The van der Waals surface area contributed by atoms with Crippen LogP contribution in [0.25, 0.3) is 0 Å².